The average molecular weight is 339 g/mol. The van der Waals surface area contributed by atoms with Gasteiger partial charge in [0.1, 0.15) is 16.7 Å². The number of sulfonamides is 1. The number of rotatable bonds is 4. The van der Waals surface area contributed by atoms with Gasteiger partial charge in [-0.1, -0.05) is 12.1 Å². The van der Waals surface area contributed by atoms with Gasteiger partial charge in [-0.3, -0.25) is 4.79 Å². The highest BCUT2D eigenvalue weighted by atomic mass is 32.2. The van der Waals surface area contributed by atoms with Crippen LogP contribution in [-0.2, 0) is 14.8 Å². The Morgan fingerprint density at radius 1 is 1.32 bits per heavy atom. The lowest BCUT2D eigenvalue weighted by Crippen LogP contribution is -2.40. The molecule has 1 aromatic carbocycles. The van der Waals surface area contributed by atoms with E-state index in [0.29, 0.717) is 10.7 Å². The molecule has 0 spiro atoms. The fourth-order valence-corrected chi connectivity index (χ4v) is 4.04. The van der Waals surface area contributed by atoms with Gasteiger partial charge in [0.25, 0.3) is 0 Å². The molecule has 6 nitrogen and oxygen atoms in total. The van der Waals surface area contributed by atoms with E-state index in [1.807, 2.05) is 0 Å². The van der Waals surface area contributed by atoms with Crippen molar-refractivity contribution in [1.29, 1.82) is 0 Å². The lowest BCUT2D eigenvalue weighted by Gasteiger charge is -2.22. The van der Waals surface area contributed by atoms with Crippen LogP contribution >= 0.6 is 0 Å². The van der Waals surface area contributed by atoms with E-state index < -0.39 is 39.0 Å². The number of nitrogens with zero attached hydrogens (tertiary/aromatic N) is 1. The number of benzene rings is 1. The predicted molar refractivity (Wildman–Crippen MR) is 67.7 cm³/mol. The summed E-state index contributed by atoms with van der Waals surface area (Å²) in [5.74, 6) is -2.22. The van der Waals surface area contributed by atoms with Crippen LogP contribution in [0.3, 0.4) is 0 Å². The van der Waals surface area contributed by atoms with E-state index in [9.17, 15) is 26.4 Å². The van der Waals surface area contributed by atoms with E-state index in [2.05, 4.69) is 4.74 Å². The molecule has 122 valence electrons. The topological polar surface area (TPSA) is 83.9 Å². The molecule has 0 amide bonds. The number of hydrogen-bond donors (Lipinski definition) is 1. The van der Waals surface area contributed by atoms with Crippen LogP contribution in [0.25, 0.3) is 0 Å². The number of alkyl halides is 3. The van der Waals surface area contributed by atoms with E-state index in [1.165, 1.54) is 12.1 Å². The second kappa shape index (κ2) is 5.76. The molecule has 22 heavy (non-hydrogen) atoms. The Labute approximate surface area is 124 Å². The first-order chi connectivity index (χ1) is 10.1. The third kappa shape index (κ3) is 3.33. The summed E-state index contributed by atoms with van der Waals surface area (Å²) in [6.45, 7) is -0.0698. The standard InChI is InChI=1S/C12H12F3NO5S/c13-12(14,15)21-9-5-1-2-6-10(9)22(19,20)16-7-3-4-8(16)11(17)18/h1-2,5-6,8H,3-4,7H2,(H,17,18)/t8-/m0/s1. The van der Waals surface area contributed by atoms with Crippen LogP contribution in [0, 0.1) is 0 Å². The maximum absolute atomic E-state index is 12.5. The predicted octanol–water partition coefficient (Wildman–Crippen LogP) is 1.82. The molecule has 0 aliphatic carbocycles. The van der Waals surface area contributed by atoms with Gasteiger partial charge in [0.15, 0.2) is 0 Å². The van der Waals surface area contributed by atoms with Crippen molar-refractivity contribution in [2.24, 2.45) is 0 Å². The number of carbonyl (C=O) groups is 1. The van der Waals surface area contributed by atoms with Gasteiger partial charge < -0.3 is 9.84 Å². The maximum Gasteiger partial charge on any atom is 0.573 e. The number of aliphatic carboxylic acids is 1. The van der Waals surface area contributed by atoms with Gasteiger partial charge in [-0.2, -0.15) is 4.31 Å². The Morgan fingerprint density at radius 3 is 2.55 bits per heavy atom. The zero-order chi connectivity index (χ0) is 16.5. The maximum atomic E-state index is 12.5. The Morgan fingerprint density at radius 2 is 1.95 bits per heavy atom. The van der Waals surface area contributed by atoms with E-state index >= 15 is 0 Å². The molecule has 1 aliphatic heterocycles. The van der Waals surface area contributed by atoms with Gasteiger partial charge in [-0.05, 0) is 25.0 Å². The third-order valence-electron chi connectivity index (χ3n) is 3.15. The molecule has 1 saturated heterocycles. The number of halogens is 3. The largest absolute Gasteiger partial charge is 0.573 e. The van der Waals surface area contributed by atoms with Crippen LogP contribution < -0.4 is 4.74 Å². The van der Waals surface area contributed by atoms with E-state index in [-0.39, 0.29) is 13.0 Å². The minimum atomic E-state index is -5.05. The molecule has 1 aliphatic rings. The summed E-state index contributed by atoms with van der Waals surface area (Å²) in [7, 11) is -4.41. The molecule has 0 aromatic heterocycles. The van der Waals surface area contributed by atoms with Crippen molar-refractivity contribution in [2.75, 3.05) is 6.54 Å². The van der Waals surface area contributed by atoms with Crippen molar-refractivity contribution in [2.45, 2.75) is 30.1 Å². The monoisotopic (exact) mass is 339 g/mol. The molecule has 1 fully saturated rings. The van der Waals surface area contributed by atoms with Crippen molar-refractivity contribution < 1.29 is 36.2 Å². The molecule has 0 saturated carbocycles. The first-order valence-electron chi connectivity index (χ1n) is 6.22. The normalized spacial score (nSPS) is 20.0. The van der Waals surface area contributed by atoms with Crippen molar-refractivity contribution in [1.82, 2.24) is 4.31 Å². The first kappa shape index (κ1) is 16.6. The molecule has 1 aromatic rings. The molecular formula is C12H12F3NO5S. The lowest BCUT2D eigenvalue weighted by molar-refractivity contribution is -0.275. The van der Waals surface area contributed by atoms with E-state index in [0.717, 1.165) is 12.1 Å². The zero-order valence-electron chi connectivity index (χ0n) is 11.1. The van der Waals surface area contributed by atoms with Crippen LogP contribution in [0.1, 0.15) is 12.8 Å². The summed E-state index contributed by atoms with van der Waals surface area (Å²) in [5.41, 5.74) is 0. The van der Waals surface area contributed by atoms with Crippen molar-refractivity contribution in [3.8, 4) is 5.75 Å². The van der Waals surface area contributed by atoms with Crippen molar-refractivity contribution in [3.05, 3.63) is 24.3 Å². The van der Waals surface area contributed by atoms with Gasteiger partial charge in [0, 0.05) is 6.54 Å². The Balaban J connectivity index is 2.44. The molecule has 1 atom stereocenters. The highest BCUT2D eigenvalue weighted by Gasteiger charge is 2.42. The number of carboxylic acid groups (broad SMARTS) is 1. The lowest BCUT2D eigenvalue weighted by atomic mass is 10.2. The summed E-state index contributed by atoms with van der Waals surface area (Å²) in [6.07, 6.45) is -4.63. The summed E-state index contributed by atoms with van der Waals surface area (Å²) in [4.78, 5) is 10.4. The molecule has 0 radical (unpaired) electrons. The molecule has 1 N–H and O–H groups in total. The molecule has 10 heteroatoms. The van der Waals surface area contributed by atoms with E-state index in [4.69, 9.17) is 5.11 Å². The highest BCUT2D eigenvalue weighted by Crippen LogP contribution is 2.34. The smallest absolute Gasteiger partial charge is 0.480 e. The number of hydrogen-bond acceptors (Lipinski definition) is 4. The quantitative estimate of drug-likeness (QED) is 0.905. The zero-order valence-corrected chi connectivity index (χ0v) is 11.9. The van der Waals surface area contributed by atoms with Gasteiger partial charge in [-0.25, -0.2) is 8.42 Å². The second-order valence-corrected chi connectivity index (χ2v) is 6.47. The van der Waals surface area contributed by atoms with Crippen LogP contribution in [0.5, 0.6) is 5.75 Å². The van der Waals surface area contributed by atoms with Gasteiger partial charge in [0.05, 0.1) is 0 Å². The van der Waals surface area contributed by atoms with Crippen molar-refractivity contribution >= 4 is 16.0 Å². The summed E-state index contributed by atoms with van der Waals surface area (Å²) in [5, 5.41) is 9.03. The molecular weight excluding hydrogens is 327 g/mol. The van der Waals surface area contributed by atoms with Crippen LogP contribution in [-0.4, -0.2) is 42.7 Å². The fourth-order valence-electron chi connectivity index (χ4n) is 2.27. The Hall–Kier alpha value is -1.81. The molecule has 0 unspecified atom stereocenters. The molecule has 1 heterocycles. The fraction of sp³-hybridized carbons (Fsp3) is 0.417. The summed E-state index contributed by atoms with van der Waals surface area (Å²) in [6, 6.07) is 2.96. The van der Waals surface area contributed by atoms with Crippen LogP contribution in [0.15, 0.2) is 29.2 Å². The third-order valence-corrected chi connectivity index (χ3v) is 5.10. The Kier molecular flexibility index (Phi) is 4.34. The van der Waals surface area contributed by atoms with Crippen molar-refractivity contribution in [3.63, 3.8) is 0 Å². The van der Waals surface area contributed by atoms with E-state index in [1.54, 1.807) is 0 Å². The van der Waals surface area contributed by atoms with Gasteiger partial charge in [0.2, 0.25) is 10.0 Å². The Bertz CT molecular complexity index is 674. The minimum Gasteiger partial charge on any atom is -0.480 e. The highest BCUT2D eigenvalue weighted by molar-refractivity contribution is 7.89. The average Bonchev–Trinajstić information content (AvgIpc) is 2.87. The summed E-state index contributed by atoms with van der Waals surface area (Å²) < 4.78 is 66.5. The number of para-hydroxylation sites is 1. The summed E-state index contributed by atoms with van der Waals surface area (Å²) >= 11 is 0. The first-order valence-corrected chi connectivity index (χ1v) is 7.66. The van der Waals surface area contributed by atoms with Gasteiger partial charge in [-0.15, -0.1) is 13.2 Å². The van der Waals surface area contributed by atoms with Gasteiger partial charge >= 0.3 is 12.3 Å². The second-order valence-electron chi connectivity index (χ2n) is 4.61. The SMILES string of the molecule is O=C(O)[C@@H]1CCCN1S(=O)(=O)c1ccccc1OC(F)(F)F. The molecule has 0 bridgehead atoms. The van der Waals surface area contributed by atoms with Crippen LogP contribution in [0.2, 0.25) is 0 Å². The molecule has 2 rings (SSSR count). The number of ether oxygens (including phenoxy) is 1. The minimum absolute atomic E-state index is 0.0698. The van der Waals surface area contributed by atoms with Crippen LogP contribution in [0.4, 0.5) is 13.2 Å². The number of carboxylic acids is 1.